The minimum absolute atomic E-state index is 0.0407. The molecule has 0 amide bonds. The van der Waals surface area contributed by atoms with Crippen molar-refractivity contribution in [3.8, 4) is 17.6 Å². The molecule has 11 heteroatoms. The molecule has 0 spiro atoms. The third-order valence-corrected chi connectivity index (χ3v) is 7.23. The highest BCUT2D eigenvalue weighted by Gasteiger charge is 2.44. The summed E-state index contributed by atoms with van der Waals surface area (Å²) in [6.45, 7) is 0. The van der Waals surface area contributed by atoms with Crippen LogP contribution in [0.4, 0.5) is 5.69 Å². The van der Waals surface area contributed by atoms with Crippen molar-refractivity contribution < 1.29 is 33.3 Å². The Balaban J connectivity index is 2.14. The lowest BCUT2D eigenvalue weighted by molar-refractivity contribution is -0.139. The number of hydrogen-bond acceptors (Lipinski definition) is 10. The predicted molar refractivity (Wildman–Crippen MR) is 157 cm³/mol. The van der Waals surface area contributed by atoms with E-state index in [1.165, 1.54) is 26.4 Å². The second-order valence-electron chi connectivity index (χ2n) is 8.90. The van der Waals surface area contributed by atoms with E-state index < -0.39 is 23.6 Å². The molecule has 4 rings (SSSR count). The van der Waals surface area contributed by atoms with Crippen molar-refractivity contribution in [2.75, 3.05) is 33.3 Å². The molecule has 0 fully saturated rings. The van der Waals surface area contributed by atoms with Crippen LogP contribution >= 0.6 is 15.9 Å². The fraction of sp³-hybridized carbons (Fsp3) is 0.161. The highest BCUT2D eigenvalue weighted by molar-refractivity contribution is 9.10. The number of halogens is 1. The van der Waals surface area contributed by atoms with Gasteiger partial charge in [-0.25, -0.2) is 9.59 Å². The zero-order valence-corrected chi connectivity index (χ0v) is 24.7. The molecule has 214 valence electrons. The van der Waals surface area contributed by atoms with Gasteiger partial charge in [0.2, 0.25) is 0 Å². The van der Waals surface area contributed by atoms with Gasteiger partial charge in [0, 0.05) is 16.1 Å². The standard InChI is InChI=1S/C31H26BrN3O7/c1-39-23-14-20(28(36)18-10-12-19(32)13-11-18)22(15-24(23)40-2)35-27(31(38)42-4)26(30(37)41-3)25(21(16-33)29(35)34)17-8-6-5-7-9-17/h5-15,25H,34H2,1-4H3. The van der Waals surface area contributed by atoms with Gasteiger partial charge in [0.05, 0.1) is 62.8 Å². The van der Waals surface area contributed by atoms with Gasteiger partial charge in [0.25, 0.3) is 0 Å². The monoisotopic (exact) mass is 631 g/mol. The highest BCUT2D eigenvalue weighted by atomic mass is 79.9. The number of rotatable bonds is 8. The first-order valence-electron chi connectivity index (χ1n) is 12.4. The summed E-state index contributed by atoms with van der Waals surface area (Å²) in [4.78, 5) is 42.1. The number of allylic oxidation sites excluding steroid dienone is 1. The number of nitrogens with zero attached hydrogens (tertiary/aromatic N) is 2. The lowest BCUT2D eigenvalue weighted by atomic mass is 9.80. The maximum absolute atomic E-state index is 14.0. The Morgan fingerprint density at radius 3 is 2.02 bits per heavy atom. The van der Waals surface area contributed by atoms with Crippen LogP contribution in [0.3, 0.4) is 0 Å². The first-order valence-corrected chi connectivity index (χ1v) is 13.2. The lowest BCUT2D eigenvalue weighted by Crippen LogP contribution is -2.41. The topological polar surface area (TPSA) is 141 Å². The van der Waals surface area contributed by atoms with Crippen molar-refractivity contribution in [1.82, 2.24) is 0 Å². The average molecular weight is 632 g/mol. The Morgan fingerprint density at radius 2 is 1.48 bits per heavy atom. The van der Waals surface area contributed by atoms with Crippen LogP contribution in [0, 0.1) is 11.3 Å². The van der Waals surface area contributed by atoms with Gasteiger partial charge in [-0.3, -0.25) is 9.69 Å². The third kappa shape index (κ3) is 5.32. The molecule has 0 aromatic heterocycles. The maximum Gasteiger partial charge on any atom is 0.355 e. The molecule has 3 aromatic rings. The molecule has 0 aliphatic carbocycles. The van der Waals surface area contributed by atoms with E-state index in [9.17, 15) is 19.6 Å². The Labute approximate surface area is 250 Å². The van der Waals surface area contributed by atoms with Gasteiger partial charge in [-0.15, -0.1) is 0 Å². The van der Waals surface area contributed by atoms with Crippen LogP contribution in [-0.4, -0.2) is 46.2 Å². The summed E-state index contributed by atoms with van der Waals surface area (Å²) < 4.78 is 21.9. The average Bonchev–Trinajstić information content (AvgIpc) is 3.03. The second-order valence-corrected chi connectivity index (χ2v) is 9.81. The van der Waals surface area contributed by atoms with Crippen LogP contribution < -0.4 is 20.1 Å². The minimum atomic E-state index is -1.07. The van der Waals surface area contributed by atoms with Crippen LogP contribution in [0.5, 0.6) is 11.5 Å². The van der Waals surface area contributed by atoms with Crippen molar-refractivity contribution in [2.45, 2.75) is 5.92 Å². The Kier molecular flexibility index (Phi) is 8.98. The Hall–Kier alpha value is -5.08. The number of carbonyl (C=O) groups excluding carboxylic acids is 3. The van der Waals surface area contributed by atoms with E-state index in [2.05, 4.69) is 22.0 Å². The fourth-order valence-corrected chi connectivity index (χ4v) is 5.02. The molecule has 1 aliphatic heterocycles. The summed E-state index contributed by atoms with van der Waals surface area (Å²) in [5.41, 5.74) is 7.00. The minimum Gasteiger partial charge on any atom is -0.493 e. The number of methoxy groups -OCH3 is 4. The van der Waals surface area contributed by atoms with Crippen LogP contribution in [0.15, 0.2) is 93.9 Å². The van der Waals surface area contributed by atoms with Crippen molar-refractivity contribution in [3.05, 3.63) is 111 Å². The Bertz CT molecular complexity index is 1660. The highest BCUT2D eigenvalue weighted by Crippen LogP contribution is 2.46. The number of hydrogen-bond donors (Lipinski definition) is 1. The SMILES string of the molecule is COC(=O)C1=C(C(=O)OC)N(c2cc(OC)c(OC)cc2C(=O)c2ccc(Br)cc2)C(N)=C(C#N)C1c1ccccc1. The molecule has 10 nitrogen and oxygen atoms in total. The van der Waals surface area contributed by atoms with Gasteiger partial charge in [0.15, 0.2) is 17.3 Å². The molecule has 1 atom stereocenters. The van der Waals surface area contributed by atoms with Gasteiger partial charge in [-0.2, -0.15) is 5.26 Å². The van der Waals surface area contributed by atoms with Crippen LogP contribution in [0.2, 0.25) is 0 Å². The zero-order chi connectivity index (χ0) is 30.6. The molecule has 0 saturated heterocycles. The summed E-state index contributed by atoms with van der Waals surface area (Å²) in [7, 11) is 5.11. The number of nitriles is 1. The number of benzene rings is 3. The van der Waals surface area contributed by atoms with Crippen LogP contribution in [-0.2, 0) is 19.1 Å². The molecule has 0 bridgehead atoms. The van der Waals surface area contributed by atoms with E-state index in [4.69, 9.17) is 24.7 Å². The van der Waals surface area contributed by atoms with Crippen molar-refractivity contribution in [2.24, 2.45) is 5.73 Å². The van der Waals surface area contributed by atoms with Crippen LogP contribution in [0.1, 0.15) is 27.4 Å². The number of carbonyl (C=O) groups is 3. The van der Waals surface area contributed by atoms with Gasteiger partial charge >= 0.3 is 11.9 Å². The molecule has 0 radical (unpaired) electrons. The number of anilines is 1. The summed E-state index contributed by atoms with van der Waals surface area (Å²) >= 11 is 3.36. The fourth-order valence-electron chi connectivity index (χ4n) is 4.76. The lowest BCUT2D eigenvalue weighted by Gasteiger charge is -2.36. The number of ketones is 1. The molecule has 1 unspecified atom stereocenters. The van der Waals surface area contributed by atoms with E-state index in [0.717, 1.165) is 23.6 Å². The van der Waals surface area contributed by atoms with Crippen molar-refractivity contribution in [1.29, 1.82) is 5.26 Å². The first kappa shape index (κ1) is 29.9. The van der Waals surface area contributed by atoms with Gasteiger partial charge in [-0.05, 0) is 35.9 Å². The molecule has 42 heavy (non-hydrogen) atoms. The number of ether oxygens (including phenoxy) is 4. The summed E-state index contributed by atoms with van der Waals surface area (Å²) in [5.74, 6) is -3.15. The van der Waals surface area contributed by atoms with Gasteiger partial charge < -0.3 is 24.7 Å². The van der Waals surface area contributed by atoms with E-state index in [0.29, 0.717) is 11.1 Å². The molecule has 2 N–H and O–H groups in total. The molecule has 3 aromatic carbocycles. The van der Waals surface area contributed by atoms with Gasteiger partial charge in [0.1, 0.15) is 11.5 Å². The van der Waals surface area contributed by atoms with E-state index >= 15 is 0 Å². The number of nitrogens with two attached hydrogens (primary N) is 1. The summed E-state index contributed by atoms with van der Waals surface area (Å²) in [6.07, 6.45) is 0. The third-order valence-electron chi connectivity index (χ3n) is 6.70. The van der Waals surface area contributed by atoms with E-state index in [1.807, 2.05) is 0 Å². The van der Waals surface area contributed by atoms with E-state index in [-0.39, 0.29) is 45.4 Å². The quantitative estimate of drug-likeness (QED) is 0.277. The summed E-state index contributed by atoms with van der Waals surface area (Å²) in [5, 5.41) is 10.4. The van der Waals surface area contributed by atoms with E-state index in [1.54, 1.807) is 54.6 Å². The predicted octanol–water partition coefficient (Wildman–Crippen LogP) is 4.60. The Morgan fingerprint density at radius 1 is 0.881 bits per heavy atom. The van der Waals surface area contributed by atoms with Crippen molar-refractivity contribution in [3.63, 3.8) is 0 Å². The molecular formula is C31H26BrN3O7. The van der Waals surface area contributed by atoms with Crippen molar-refractivity contribution >= 4 is 39.3 Å². The molecule has 0 saturated carbocycles. The smallest absolute Gasteiger partial charge is 0.355 e. The molecular weight excluding hydrogens is 606 g/mol. The van der Waals surface area contributed by atoms with Crippen LogP contribution in [0.25, 0.3) is 0 Å². The first-order chi connectivity index (χ1) is 20.2. The van der Waals surface area contributed by atoms with Gasteiger partial charge in [-0.1, -0.05) is 46.3 Å². The second kappa shape index (κ2) is 12.6. The molecule has 1 aliphatic rings. The zero-order valence-electron chi connectivity index (χ0n) is 23.1. The molecule has 1 heterocycles. The number of esters is 2. The largest absolute Gasteiger partial charge is 0.493 e. The summed E-state index contributed by atoms with van der Waals surface area (Å²) in [6, 6.07) is 20.2. The normalized spacial score (nSPS) is 14.7. The maximum atomic E-state index is 14.0.